The standard InChI is InChI=1S/C23H27NO6/c1-16-7-4-5-9-20(16)29-15-23(26)30-14-22(25)24-12-6-8-19(24)18-13-17(27-2)10-11-21(18)28-3/h4-5,7,9-11,13,19H,6,8,12,14-15H2,1-3H3/t19-/m0/s1. The van der Waals surface area contributed by atoms with Crippen LogP contribution in [0, 0.1) is 6.92 Å². The van der Waals surface area contributed by atoms with Gasteiger partial charge in [-0.1, -0.05) is 18.2 Å². The largest absolute Gasteiger partial charge is 0.497 e. The van der Waals surface area contributed by atoms with E-state index in [4.69, 9.17) is 18.9 Å². The van der Waals surface area contributed by atoms with Gasteiger partial charge >= 0.3 is 5.97 Å². The first-order valence-corrected chi connectivity index (χ1v) is 9.89. The number of methoxy groups -OCH3 is 2. The molecular formula is C23H27NO6. The van der Waals surface area contributed by atoms with Crippen LogP contribution in [0.25, 0.3) is 0 Å². The van der Waals surface area contributed by atoms with Gasteiger partial charge in [0.25, 0.3) is 5.91 Å². The summed E-state index contributed by atoms with van der Waals surface area (Å²) in [7, 11) is 3.20. The first-order valence-electron chi connectivity index (χ1n) is 9.89. The highest BCUT2D eigenvalue weighted by atomic mass is 16.6. The van der Waals surface area contributed by atoms with Crippen molar-refractivity contribution in [2.24, 2.45) is 0 Å². The van der Waals surface area contributed by atoms with Gasteiger partial charge in [0.1, 0.15) is 17.2 Å². The molecule has 3 rings (SSSR count). The van der Waals surface area contributed by atoms with Crippen LogP contribution in [-0.2, 0) is 14.3 Å². The second-order valence-electron chi connectivity index (χ2n) is 7.07. The fraction of sp³-hybridized carbons (Fsp3) is 0.391. The molecule has 1 aliphatic rings. The molecular weight excluding hydrogens is 386 g/mol. The van der Waals surface area contributed by atoms with Crippen molar-refractivity contribution in [1.82, 2.24) is 4.90 Å². The third kappa shape index (κ3) is 5.03. The molecule has 2 aromatic carbocycles. The van der Waals surface area contributed by atoms with E-state index in [1.165, 1.54) is 0 Å². The molecule has 1 heterocycles. The molecule has 160 valence electrons. The zero-order valence-corrected chi connectivity index (χ0v) is 17.6. The maximum Gasteiger partial charge on any atom is 0.344 e. The Morgan fingerprint density at radius 2 is 1.83 bits per heavy atom. The molecule has 7 heteroatoms. The number of amides is 1. The van der Waals surface area contributed by atoms with E-state index in [1.54, 1.807) is 25.2 Å². The van der Waals surface area contributed by atoms with E-state index in [0.29, 0.717) is 23.8 Å². The van der Waals surface area contributed by atoms with E-state index in [-0.39, 0.29) is 25.2 Å². The van der Waals surface area contributed by atoms with Gasteiger partial charge in [-0.3, -0.25) is 4.79 Å². The zero-order valence-electron chi connectivity index (χ0n) is 17.6. The number of esters is 1. The number of nitrogens with zero attached hydrogens (tertiary/aromatic N) is 1. The number of carbonyl (C=O) groups excluding carboxylic acids is 2. The Hall–Kier alpha value is -3.22. The minimum Gasteiger partial charge on any atom is -0.497 e. The number of aryl methyl sites for hydroxylation is 1. The molecule has 0 bridgehead atoms. The average molecular weight is 413 g/mol. The molecule has 2 aromatic rings. The third-order valence-corrected chi connectivity index (χ3v) is 5.16. The van der Waals surface area contributed by atoms with Gasteiger partial charge in [-0.15, -0.1) is 0 Å². The predicted molar refractivity (Wildman–Crippen MR) is 111 cm³/mol. The van der Waals surface area contributed by atoms with Gasteiger partial charge in [-0.2, -0.15) is 0 Å². The van der Waals surface area contributed by atoms with Gasteiger partial charge < -0.3 is 23.8 Å². The number of carbonyl (C=O) groups is 2. The van der Waals surface area contributed by atoms with E-state index in [9.17, 15) is 9.59 Å². The highest BCUT2D eigenvalue weighted by molar-refractivity contribution is 5.81. The van der Waals surface area contributed by atoms with Crippen LogP contribution >= 0.6 is 0 Å². The van der Waals surface area contributed by atoms with E-state index >= 15 is 0 Å². The summed E-state index contributed by atoms with van der Waals surface area (Å²) >= 11 is 0. The van der Waals surface area contributed by atoms with Crippen molar-refractivity contribution in [1.29, 1.82) is 0 Å². The van der Waals surface area contributed by atoms with Crippen LogP contribution in [0.15, 0.2) is 42.5 Å². The fourth-order valence-electron chi connectivity index (χ4n) is 3.61. The number of likely N-dealkylation sites (tertiary alicyclic amines) is 1. The van der Waals surface area contributed by atoms with Crippen LogP contribution in [-0.4, -0.2) is 50.8 Å². The van der Waals surface area contributed by atoms with Crippen LogP contribution < -0.4 is 14.2 Å². The van der Waals surface area contributed by atoms with E-state index < -0.39 is 5.97 Å². The third-order valence-electron chi connectivity index (χ3n) is 5.16. The summed E-state index contributed by atoms with van der Waals surface area (Å²) in [6, 6.07) is 12.8. The van der Waals surface area contributed by atoms with Crippen molar-refractivity contribution < 1.29 is 28.5 Å². The van der Waals surface area contributed by atoms with Gasteiger partial charge in [0.15, 0.2) is 13.2 Å². The smallest absolute Gasteiger partial charge is 0.344 e. The lowest BCUT2D eigenvalue weighted by Crippen LogP contribution is -2.35. The fourth-order valence-corrected chi connectivity index (χ4v) is 3.61. The molecule has 0 radical (unpaired) electrons. The maximum absolute atomic E-state index is 12.8. The molecule has 1 aliphatic heterocycles. The summed E-state index contributed by atoms with van der Waals surface area (Å²) in [5.41, 5.74) is 1.81. The summed E-state index contributed by atoms with van der Waals surface area (Å²) in [5, 5.41) is 0. The Balaban J connectivity index is 1.58. The molecule has 1 fully saturated rings. The molecule has 1 saturated heterocycles. The Morgan fingerprint density at radius 3 is 2.57 bits per heavy atom. The number of ether oxygens (including phenoxy) is 4. The summed E-state index contributed by atoms with van der Waals surface area (Å²) in [5.74, 6) is 1.19. The van der Waals surface area contributed by atoms with Crippen LogP contribution in [0.2, 0.25) is 0 Å². The quantitative estimate of drug-likeness (QED) is 0.618. The number of benzene rings is 2. The molecule has 1 atom stereocenters. The Morgan fingerprint density at radius 1 is 1.03 bits per heavy atom. The summed E-state index contributed by atoms with van der Waals surface area (Å²) < 4.78 is 21.4. The molecule has 30 heavy (non-hydrogen) atoms. The zero-order chi connectivity index (χ0) is 21.5. The Kier molecular flexibility index (Phi) is 7.17. The van der Waals surface area contributed by atoms with Crippen LogP contribution in [0.1, 0.15) is 30.0 Å². The molecule has 1 amide bonds. The molecule has 0 aromatic heterocycles. The van der Waals surface area contributed by atoms with Crippen LogP contribution in [0.3, 0.4) is 0 Å². The topological polar surface area (TPSA) is 74.3 Å². The number of para-hydroxylation sites is 1. The van der Waals surface area contributed by atoms with Crippen molar-refractivity contribution in [2.75, 3.05) is 34.0 Å². The second kappa shape index (κ2) is 10.0. The maximum atomic E-state index is 12.8. The van der Waals surface area contributed by atoms with Gasteiger partial charge in [0.2, 0.25) is 0 Å². The highest BCUT2D eigenvalue weighted by Crippen LogP contribution is 2.38. The second-order valence-corrected chi connectivity index (χ2v) is 7.07. The summed E-state index contributed by atoms with van der Waals surface area (Å²) in [6.07, 6.45) is 1.67. The van der Waals surface area contributed by atoms with Gasteiger partial charge in [0.05, 0.1) is 20.3 Å². The summed E-state index contributed by atoms with van der Waals surface area (Å²) in [4.78, 5) is 26.5. The van der Waals surface area contributed by atoms with Gasteiger partial charge in [-0.05, 0) is 49.6 Å². The number of rotatable bonds is 8. The number of hydrogen-bond acceptors (Lipinski definition) is 6. The molecule has 0 saturated carbocycles. The highest BCUT2D eigenvalue weighted by Gasteiger charge is 2.32. The Labute approximate surface area is 176 Å². The Bertz CT molecular complexity index is 897. The number of hydrogen-bond donors (Lipinski definition) is 0. The first-order chi connectivity index (χ1) is 14.5. The molecule has 0 unspecified atom stereocenters. The molecule has 7 nitrogen and oxygen atoms in total. The van der Waals surface area contributed by atoms with Gasteiger partial charge in [0, 0.05) is 12.1 Å². The SMILES string of the molecule is COc1ccc(OC)c([C@@H]2CCCN2C(=O)COC(=O)COc2ccccc2C)c1. The van der Waals surface area contributed by atoms with Crippen molar-refractivity contribution in [3.05, 3.63) is 53.6 Å². The van der Waals surface area contributed by atoms with Gasteiger partial charge in [-0.25, -0.2) is 4.79 Å². The summed E-state index contributed by atoms with van der Waals surface area (Å²) in [6.45, 7) is 1.93. The van der Waals surface area contributed by atoms with Crippen molar-refractivity contribution in [2.45, 2.75) is 25.8 Å². The van der Waals surface area contributed by atoms with Crippen LogP contribution in [0.5, 0.6) is 17.2 Å². The van der Waals surface area contributed by atoms with Crippen molar-refractivity contribution >= 4 is 11.9 Å². The van der Waals surface area contributed by atoms with E-state index in [0.717, 1.165) is 24.0 Å². The lowest BCUT2D eigenvalue weighted by molar-refractivity contribution is -0.154. The monoisotopic (exact) mass is 413 g/mol. The van der Waals surface area contributed by atoms with Crippen molar-refractivity contribution in [3.8, 4) is 17.2 Å². The van der Waals surface area contributed by atoms with E-state index in [2.05, 4.69) is 0 Å². The molecule has 0 aliphatic carbocycles. The predicted octanol–water partition coefficient (Wildman–Crippen LogP) is 3.30. The minimum atomic E-state index is -0.582. The average Bonchev–Trinajstić information content (AvgIpc) is 3.26. The van der Waals surface area contributed by atoms with Crippen LogP contribution in [0.4, 0.5) is 0 Å². The van der Waals surface area contributed by atoms with Crippen molar-refractivity contribution in [3.63, 3.8) is 0 Å². The first kappa shape index (κ1) is 21.5. The lowest BCUT2D eigenvalue weighted by atomic mass is 10.0. The molecule has 0 spiro atoms. The minimum absolute atomic E-state index is 0.149. The molecule has 0 N–H and O–H groups in total. The normalized spacial score (nSPS) is 15.6. The van der Waals surface area contributed by atoms with E-state index in [1.807, 2.05) is 43.3 Å². The lowest BCUT2D eigenvalue weighted by Gasteiger charge is -2.26.